The van der Waals surface area contributed by atoms with Crippen molar-refractivity contribution in [2.75, 3.05) is 22.1 Å². The van der Waals surface area contributed by atoms with Crippen LogP contribution in [0.1, 0.15) is 49.6 Å². The van der Waals surface area contributed by atoms with Crippen LogP contribution in [-0.2, 0) is 17.6 Å². The summed E-state index contributed by atoms with van der Waals surface area (Å²) in [6.07, 6.45) is 3.11. The number of carbonyl (C=O) groups excluding carboxylic acids is 1. The molecule has 0 aromatic carbocycles. The average molecular weight is 467 g/mol. The van der Waals surface area contributed by atoms with Gasteiger partial charge in [0, 0.05) is 36.7 Å². The Kier molecular flexibility index (Phi) is 5.86. The van der Waals surface area contributed by atoms with Crippen LogP contribution >= 0.6 is 0 Å². The van der Waals surface area contributed by atoms with E-state index in [-0.39, 0.29) is 5.91 Å². The number of anilines is 4. The van der Waals surface area contributed by atoms with Gasteiger partial charge in [-0.2, -0.15) is 14.5 Å². The molecular weight excluding hydrogens is 439 g/mol. The Bertz CT molecular complexity index is 1200. The molecule has 2 atom stereocenters. The molecule has 1 unspecified atom stereocenters. The van der Waals surface area contributed by atoms with Gasteiger partial charge in [0.2, 0.25) is 17.8 Å². The summed E-state index contributed by atoms with van der Waals surface area (Å²) in [7, 11) is 0. The minimum absolute atomic E-state index is 0.224. The van der Waals surface area contributed by atoms with Crippen LogP contribution in [0.2, 0.25) is 0 Å². The number of fused-ring (bicyclic) bond motifs is 1. The molecule has 1 aliphatic heterocycles. The Balaban J connectivity index is 1.42. The van der Waals surface area contributed by atoms with Crippen LogP contribution in [0, 0.1) is 5.95 Å². The lowest BCUT2D eigenvalue weighted by atomic mass is 10.1. The fraction of sp³-hybridized carbons (Fsp3) is 0.435. The summed E-state index contributed by atoms with van der Waals surface area (Å²) in [4.78, 5) is 28.0. The molecule has 3 aromatic heterocycles. The van der Waals surface area contributed by atoms with Gasteiger partial charge in [-0.3, -0.25) is 9.89 Å². The fourth-order valence-electron chi connectivity index (χ4n) is 4.44. The van der Waals surface area contributed by atoms with Gasteiger partial charge in [-0.05, 0) is 30.9 Å². The van der Waals surface area contributed by atoms with E-state index >= 15 is 0 Å². The summed E-state index contributed by atoms with van der Waals surface area (Å²) in [5, 5.41) is 23.7. The summed E-state index contributed by atoms with van der Waals surface area (Å²) < 4.78 is 13.1. The van der Waals surface area contributed by atoms with Crippen molar-refractivity contribution in [3.63, 3.8) is 0 Å². The first kappa shape index (κ1) is 22.2. The number of aromatic amines is 1. The number of nitrogens with one attached hydrogen (secondary N) is 3. The first-order valence-electron chi connectivity index (χ1n) is 11.5. The zero-order valence-corrected chi connectivity index (χ0v) is 19.0. The van der Waals surface area contributed by atoms with E-state index in [0.29, 0.717) is 55.0 Å². The van der Waals surface area contributed by atoms with Gasteiger partial charge in [-0.1, -0.05) is 13.8 Å². The van der Waals surface area contributed by atoms with E-state index in [2.05, 4.69) is 39.7 Å². The molecule has 178 valence electrons. The number of nitrogens with zero attached hydrogens (tertiary/aromatic N) is 5. The molecule has 10 nitrogen and oxygen atoms in total. The van der Waals surface area contributed by atoms with Gasteiger partial charge < -0.3 is 20.6 Å². The molecule has 0 saturated carbocycles. The average Bonchev–Trinajstić information content (AvgIpc) is 3.54. The summed E-state index contributed by atoms with van der Waals surface area (Å²) in [6.45, 7) is 4.78. The Labute approximate surface area is 196 Å². The number of hydrogen-bond donors (Lipinski definition) is 4. The lowest BCUT2D eigenvalue weighted by Gasteiger charge is -2.25. The second-order valence-corrected chi connectivity index (χ2v) is 9.06. The summed E-state index contributed by atoms with van der Waals surface area (Å²) in [5.41, 5.74) is 3.06. The van der Waals surface area contributed by atoms with Crippen molar-refractivity contribution in [2.45, 2.75) is 57.6 Å². The van der Waals surface area contributed by atoms with Gasteiger partial charge in [-0.15, -0.1) is 0 Å². The molecule has 1 aliphatic carbocycles. The minimum atomic E-state index is -0.605. The molecule has 0 radical (unpaired) electrons. The Morgan fingerprint density at radius 2 is 2.15 bits per heavy atom. The maximum absolute atomic E-state index is 13.1. The fourth-order valence-corrected chi connectivity index (χ4v) is 4.44. The van der Waals surface area contributed by atoms with Crippen LogP contribution < -0.4 is 15.5 Å². The molecule has 0 spiro atoms. The van der Waals surface area contributed by atoms with Crippen LogP contribution in [0.3, 0.4) is 0 Å². The van der Waals surface area contributed by atoms with Gasteiger partial charge in [0.1, 0.15) is 11.9 Å². The monoisotopic (exact) mass is 466 g/mol. The smallest absolute Gasteiger partial charge is 0.247 e. The molecule has 1 saturated heterocycles. The van der Waals surface area contributed by atoms with Gasteiger partial charge in [0.25, 0.3) is 0 Å². The molecular formula is C23H27FN8O2. The highest BCUT2D eigenvalue weighted by molar-refractivity contribution is 5.96. The Hall–Kier alpha value is -3.60. The first-order chi connectivity index (χ1) is 16.4. The van der Waals surface area contributed by atoms with Crippen molar-refractivity contribution < 1.29 is 14.3 Å². The Morgan fingerprint density at radius 3 is 2.88 bits per heavy atom. The van der Waals surface area contributed by atoms with Gasteiger partial charge in [0.05, 0.1) is 23.7 Å². The van der Waals surface area contributed by atoms with Crippen molar-refractivity contribution in [1.82, 2.24) is 25.1 Å². The zero-order chi connectivity index (χ0) is 23.8. The number of hydrogen-bond acceptors (Lipinski definition) is 8. The molecule has 11 heteroatoms. The second-order valence-electron chi connectivity index (χ2n) is 9.06. The molecule has 1 fully saturated rings. The predicted octanol–water partition coefficient (Wildman–Crippen LogP) is 2.67. The lowest BCUT2D eigenvalue weighted by Crippen LogP contribution is -2.40. The van der Waals surface area contributed by atoms with Crippen molar-refractivity contribution in [3.05, 3.63) is 47.3 Å². The predicted molar refractivity (Wildman–Crippen MR) is 125 cm³/mol. The highest BCUT2D eigenvalue weighted by Crippen LogP contribution is 2.33. The van der Waals surface area contributed by atoms with Crippen LogP contribution in [-0.4, -0.2) is 54.9 Å². The first-order valence-corrected chi connectivity index (χ1v) is 11.5. The van der Waals surface area contributed by atoms with E-state index in [0.717, 1.165) is 23.4 Å². The summed E-state index contributed by atoms with van der Waals surface area (Å²) in [5.74, 6) is 1.13. The molecule has 34 heavy (non-hydrogen) atoms. The van der Waals surface area contributed by atoms with E-state index in [4.69, 9.17) is 9.97 Å². The number of pyridine rings is 1. The standard InChI is InChI=1S/C23H27FN8O2/c1-12(2)16-10-20(31-30-16)28-21-15-8-14(33)9-17(15)27-23(29-21)32-7-3-4-18(32)22(34)26-13-5-6-19(24)25-11-13/h5-6,10-12,14,18,33H,3-4,7-9H2,1-2H3,(H,26,34)(H2,27,28,29,30,31)/t14?,18-/m1/s1. The van der Waals surface area contributed by atoms with Crippen LogP contribution in [0.25, 0.3) is 0 Å². The number of H-pyrrole nitrogens is 1. The molecule has 4 heterocycles. The highest BCUT2D eigenvalue weighted by atomic mass is 19.1. The second kappa shape index (κ2) is 8.98. The van der Waals surface area contributed by atoms with E-state index in [1.54, 1.807) is 0 Å². The minimum Gasteiger partial charge on any atom is -0.392 e. The number of aromatic nitrogens is 5. The molecule has 0 bridgehead atoms. The lowest BCUT2D eigenvalue weighted by molar-refractivity contribution is -0.117. The number of amides is 1. The zero-order valence-electron chi connectivity index (χ0n) is 19.0. The number of aliphatic hydroxyl groups is 1. The molecule has 5 rings (SSSR count). The van der Waals surface area contributed by atoms with Crippen molar-refractivity contribution in [3.8, 4) is 0 Å². The molecule has 1 amide bonds. The third kappa shape index (κ3) is 4.43. The third-order valence-electron chi connectivity index (χ3n) is 6.22. The topological polar surface area (TPSA) is 132 Å². The normalized spacial score (nSPS) is 19.5. The number of aliphatic hydroxyl groups excluding tert-OH is 1. The summed E-state index contributed by atoms with van der Waals surface area (Å²) >= 11 is 0. The number of halogens is 1. The van der Waals surface area contributed by atoms with Crippen molar-refractivity contribution in [2.24, 2.45) is 0 Å². The Morgan fingerprint density at radius 1 is 1.29 bits per heavy atom. The third-order valence-corrected chi connectivity index (χ3v) is 6.22. The largest absolute Gasteiger partial charge is 0.392 e. The van der Waals surface area contributed by atoms with Gasteiger partial charge in [-0.25, -0.2) is 9.97 Å². The van der Waals surface area contributed by atoms with E-state index in [1.165, 1.54) is 18.3 Å². The molecule has 3 aromatic rings. The number of rotatable bonds is 6. The molecule has 4 N–H and O–H groups in total. The van der Waals surface area contributed by atoms with Gasteiger partial charge >= 0.3 is 0 Å². The van der Waals surface area contributed by atoms with Crippen LogP contribution in [0.15, 0.2) is 24.4 Å². The van der Waals surface area contributed by atoms with Crippen molar-refractivity contribution in [1.29, 1.82) is 0 Å². The quantitative estimate of drug-likeness (QED) is 0.408. The van der Waals surface area contributed by atoms with Crippen molar-refractivity contribution >= 4 is 29.2 Å². The van der Waals surface area contributed by atoms with Crippen LogP contribution in [0.4, 0.5) is 27.7 Å². The van der Waals surface area contributed by atoms with E-state index in [1.807, 2.05) is 11.0 Å². The SMILES string of the molecule is CC(C)c1cc(Nc2nc(N3CCC[C@@H]3C(=O)Nc3ccc(F)nc3)nc3c2CC(O)C3)n[nH]1. The number of carbonyl (C=O) groups is 1. The maximum Gasteiger partial charge on any atom is 0.247 e. The summed E-state index contributed by atoms with van der Waals surface area (Å²) in [6, 6.07) is 4.14. The maximum atomic E-state index is 13.1. The van der Waals surface area contributed by atoms with Crippen LogP contribution in [0.5, 0.6) is 0 Å². The molecule has 2 aliphatic rings. The van der Waals surface area contributed by atoms with Gasteiger partial charge in [0.15, 0.2) is 5.82 Å². The van der Waals surface area contributed by atoms with E-state index in [9.17, 15) is 14.3 Å². The highest BCUT2D eigenvalue weighted by Gasteiger charge is 2.35. The van der Waals surface area contributed by atoms with E-state index < -0.39 is 18.1 Å².